The molecule has 5 aromatic rings. The van der Waals surface area contributed by atoms with E-state index in [1.165, 1.54) is 10.7 Å². The van der Waals surface area contributed by atoms with Crippen LogP contribution in [0.3, 0.4) is 0 Å². The van der Waals surface area contributed by atoms with Crippen LogP contribution >= 0.6 is 0 Å². The number of hydrogen-bond donors (Lipinski definition) is 0. The van der Waals surface area contributed by atoms with Crippen molar-refractivity contribution in [3.8, 4) is 11.3 Å². The largest absolute Gasteiger partial charge is 0.336 e. The molecule has 0 radical (unpaired) electrons. The number of pyridine rings is 1. The Morgan fingerprint density at radius 3 is 2.63 bits per heavy atom. The van der Waals surface area contributed by atoms with Gasteiger partial charge in [-0.05, 0) is 37.3 Å². The lowest BCUT2D eigenvalue weighted by atomic mass is 10.0. The molecule has 0 fully saturated rings. The van der Waals surface area contributed by atoms with Crippen molar-refractivity contribution in [2.24, 2.45) is 7.05 Å². The number of benzene rings is 1. The van der Waals surface area contributed by atoms with Gasteiger partial charge >= 0.3 is 5.92 Å². The third-order valence-corrected chi connectivity index (χ3v) is 4.78. The number of fused-ring (bicyclic) bond motifs is 2. The zero-order chi connectivity index (χ0) is 21.0. The maximum Gasteiger partial charge on any atom is 0.336 e. The minimum Gasteiger partial charge on any atom is -0.275 e. The van der Waals surface area contributed by atoms with Crippen LogP contribution in [0.4, 0.5) is 13.2 Å². The van der Waals surface area contributed by atoms with E-state index in [0.717, 1.165) is 22.3 Å². The second kappa shape index (κ2) is 6.34. The number of halogens is 3. The first-order valence-electron chi connectivity index (χ1n) is 9.00. The fourth-order valence-corrected chi connectivity index (χ4v) is 3.37. The molecule has 0 aliphatic rings. The molecule has 0 amide bonds. The minimum absolute atomic E-state index is 0.127. The fraction of sp³-hybridized carbons (Fsp3) is 0.150. The van der Waals surface area contributed by atoms with E-state index in [9.17, 15) is 4.39 Å². The van der Waals surface area contributed by atoms with Gasteiger partial charge in [-0.15, -0.1) is 10.2 Å². The zero-order valence-corrected chi connectivity index (χ0v) is 15.9. The van der Waals surface area contributed by atoms with E-state index < -0.39 is 23.1 Å². The van der Waals surface area contributed by atoms with E-state index in [1.54, 1.807) is 37.6 Å². The number of nitrogens with zero attached hydrogens (tertiary/aromatic N) is 7. The molecule has 0 spiro atoms. The second-order valence-electron chi connectivity index (χ2n) is 6.97. The van der Waals surface area contributed by atoms with Crippen molar-refractivity contribution >= 4 is 16.6 Å². The smallest absolute Gasteiger partial charge is 0.275 e. The summed E-state index contributed by atoms with van der Waals surface area (Å²) < 4.78 is 47.8. The molecule has 4 heterocycles. The number of aromatic nitrogens is 7. The first-order chi connectivity index (χ1) is 14.3. The summed E-state index contributed by atoms with van der Waals surface area (Å²) in [5, 5.41) is 16.1. The molecule has 5 rings (SSSR count). The summed E-state index contributed by atoms with van der Waals surface area (Å²) in [5.41, 5.74) is 1.50. The summed E-state index contributed by atoms with van der Waals surface area (Å²) in [6, 6.07) is 8.76. The number of hydrogen-bond acceptors (Lipinski definition) is 5. The van der Waals surface area contributed by atoms with Crippen LogP contribution in [0, 0.1) is 12.7 Å². The summed E-state index contributed by atoms with van der Waals surface area (Å²) in [6.45, 7) is 1.82. The van der Waals surface area contributed by atoms with Crippen molar-refractivity contribution in [2.75, 3.05) is 0 Å². The predicted molar refractivity (Wildman–Crippen MR) is 102 cm³/mol. The normalized spacial score (nSPS) is 12.2. The topological polar surface area (TPSA) is 73.8 Å². The Balaban J connectivity index is 1.68. The molecule has 0 unspecified atom stereocenters. The van der Waals surface area contributed by atoms with Gasteiger partial charge in [0.2, 0.25) is 5.82 Å². The van der Waals surface area contributed by atoms with Gasteiger partial charge in [-0.25, -0.2) is 4.39 Å². The molecular formula is C20H14F3N7. The Morgan fingerprint density at radius 1 is 1.00 bits per heavy atom. The number of aryl methyl sites for hydroxylation is 2. The minimum atomic E-state index is -3.77. The average molecular weight is 409 g/mol. The van der Waals surface area contributed by atoms with Crippen LogP contribution in [0.25, 0.3) is 27.8 Å². The van der Waals surface area contributed by atoms with Crippen LogP contribution in [0.2, 0.25) is 0 Å². The standard InChI is InChI=1S/C20H14F3N7/c1-11-7-12(5-6-24-11)16-3-4-18-25-26-19(30(18)28-16)20(22,23)14-8-13-10-29(2)27-17(13)9-15(14)21/h3-10H,1-2H3. The van der Waals surface area contributed by atoms with Gasteiger partial charge in [0, 0.05) is 42.2 Å². The van der Waals surface area contributed by atoms with Gasteiger partial charge in [0.1, 0.15) is 5.82 Å². The molecule has 0 aliphatic heterocycles. The van der Waals surface area contributed by atoms with Crippen LogP contribution in [-0.2, 0) is 13.0 Å². The lowest BCUT2D eigenvalue weighted by molar-refractivity contribution is 0.0270. The molecule has 150 valence electrons. The van der Waals surface area contributed by atoms with Crippen LogP contribution in [-0.4, -0.2) is 34.6 Å². The molecule has 0 atom stereocenters. The van der Waals surface area contributed by atoms with Crippen molar-refractivity contribution in [3.05, 3.63) is 71.7 Å². The van der Waals surface area contributed by atoms with Crippen LogP contribution in [0.15, 0.2) is 48.8 Å². The lowest BCUT2D eigenvalue weighted by Gasteiger charge is -2.15. The van der Waals surface area contributed by atoms with Crippen molar-refractivity contribution in [1.82, 2.24) is 34.6 Å². The Morgan fingerprint density at radius 2 is 1.83 bits per heavy atom. The van der Waals surface area contributed by atoms with E-state index in [4.69, 9.17) is 0 Å². The summed E-state index contributed by atoms with van der Waals surface area (Å²) in [6.07, 6.45) is 3.15. The van der Waals surface area contributed by atoms with Gasteiger partial charge in [0.15, 0.2) is 5.65 Å². The molecule has 7 nitrogen and oxygen atoms in total. The van der Waals surface area contributed by atoms with Crippen molar-refractivity contribution in [1.29, 1.82) is 0 Å². The van der Waals surface area contributed by atoms with Crippen molar-refractivity contribution < 1.29 is 13.2 Å². The SMILES string of the molecule is Cc1cc(-c2ccc3nnc(C(F)(F)c4cc5cn(C)nc5cc4F)n3n2)ccn1. The van der Waals surface area contributed by atoms with E-state index in [-0.39, 0.29) is 11.2 Å². The molecule has 0 bridgehead atoms. The van der Waals surface area contributed by atoms with E-state index >= 15 is 8.78 Å². The molecule has 10 heteroatoms. The maximum atomic E-state index is 15.4. The Bertz CT molecular complexity index is 1420. The summed E-state index contributed by atoms with van der Waals surface area (Å²) in [5.74, 6) is -5.62. The van der Waals surface area contributed by atoms with Crippen LogP contribution < -0.4 is 0 Å². The molecule has 30 heavy (non-hydrogen) atoms. The quantitative estimate of drug-likeness (QED) is 0.455. The van der Waals surface area contributed by atoms with Gasteiger partial charge in [-0.1, -0.05) is 0 Å². The fourth-order valence-electron chi connectivity index (χ4n) is 3.37. The number of rotatable bonds is 3. The summed E-state index contributed by atoms with van der Waals surface area (Å²) in [7, 11) is 1.63. The summed E-state index contributed by atoms with van der Waals surface area (Å²) in [4.78, 5) is 4.12. The predicted octanol–water partition coefficient (Wildman–Crippen LogP) is 3.66. The molecule has 1 aromatic carbocycles. The Hall–Kier alpha value is -3.82. The van der Waals surface area contributed by atoms with Gasteiger partial charge in [-0.3, -0.25) is 9.67 Å². The Kier molecular flexibility index (Phi) is 3.85. The highest BCUT2D eigenvalue weighted by Gasteiger charge is 2.42. The average Bonchev–Trinajstić information content (AvgIpc) is 3.29. The summed E-state index contributed by atoms with van der Waals surface area (Å²) >= 11 is 0. The van der Waals surface area contributed by atoms with Gasteiger partial charge in [-0.2, -0.15) is 23.5 Å². The monoisotopic (exact) mass is 409 g/mol. The molecular weight excluding hydrogens is 395 g/mol. The van der Waals surface area contributed by atoms with Gasteiger partial charge < -0.3 is 0 Å². The number of alkyl halides is 2. The van der Waals surface area contributed by atoms with Crippen LogP contribution in [0.1, 0.15) is 17.1 Å². The molecule has 0 saturated heterocycles. The molecule has 0 aliphatic carbocycles. The second-order valence-corrected chi connectivity index (χ2v) is 6.97. The van der Waals surface area contributed by atoms with E-state index in [0.29, 0.717) is 16.6 Å². The first-order valence-corrected chi connectivity index (χ1v) is 9.00. The van der Waals surface area contributed by atoms with Crippen LogP contribution in [0.5, 0.6) is 0 Å². The third-order valence-electron chi connectivity index (χ3n) is 4.78. The first kappa shape index (κ1) is 18.2. The maximum absolute atomic E-state index is 15.4. The molecule has 4 aromatic heterocycles. The third kappa shape index (κ3) is 2.79. The zero-order valence-electron chi connectivity index (χ0n) is 15.9. The Labute approximate surface area is 167 Å². The lowest BCUT2D eigenvalue weighted by Crippen LogP contribution is -2.22. The van der Waals surface area contributed by atoms with Gasteiger partial charge in [0.25, 0.3) is 0 Å². The van der Waals surface area contributed by atoms with E-state index in [2.05, 4.69) is 25.4 Å². The van der Waals surface area contributed by atoms with Crippen molar-refractivity contribution in [2.45, 2.75) is 12.8 Å². The molecule has 0 saturated carbocycles. The highest BCUT2D eigenvalue weighted by Crippen LogP contribution is 2.37. The molecule has 0 N–H and O–H groups in total. The highest BCUT2D eigenvalue weighted by atomic mass is 19.3. The highest BCUT2D eigenvalue weighted by molar-refractivity contribution is 5.79. The van der Waals surface area contributed by atoms with Crippen molar-refractivity contribution in [3.63, 3.8) is 0 Å². The van der Waals surface area contributed by atoms with E-state index in [1.807, 2.05) is 6.92 Å². The van der Waals surface area contributed by atoms with Gasteiger partial charge in [0.05, 0.1) is 16.8 Å².